The Morgan fingerprint density at radius 3 is 2.77 bits per heavy atom. The molecule has 0 radical (unpaired) electrons. The Hall–Kier alpha value is -2.08. The van der Waals surface area contributed by atoms with Crippen molar-refractivity contribution in [3.05, 3.63) is 57.5 Å². The van der Waals surface area contributed by atoms with Gasteiger partial charge in [0.25, 0.3) is 0 Å². The zero-order chi connectivity index (χ0) is 18.4. The highest BCUT2D eigenvalue weighted by atomic mass is 35.5. The van der Waals surface area contributed by atoms with Gasteiger partial charge in [-0.1, -0.05) is 41.4 Å². The minimum absolute atomic E-state index is 0.328. The van der Waals surface area contributed by atoms with E-state index >= 15 is 0 Å². The lowest BCUT2D eigenvalue weighted by Gasteiger charge is -2.27. The first-order valence-electron chi connectivity index (χ1n) is 8.16. The van der Waals surface area contributed by atoms with E-state index in [1.54, 1.807) is 29.2 Å². The third-order valence-electron chi connectivity index (χ3n) is 4.79. The molecule has 26 heavy (non-hydrogen) atoms. The number of amides is 1. The Kier molecular flexibility index (Phi) is 4.39. The predicted octanol–water partition coefficient (Wildman–Crippen LogP) is 4.16. The van der Waals surface area contributed by atoms with Crippen LogP contribution in [-0.4, -0.2) is 34.0 Å². The van der Waals surface area contributed by atoms with Crippen LogP contribution in [0.25, 0.3) is 22.0 Å². The molecule has 1 aliphatic rings. The fraction of sp³-hybridized carbons (Fsp3) is 0.211. The van der Waals surface area contributed by atoms with E-state index in [9.17, 15) is 9.18 Å². The zero-order valence-corrected chi connectivity index (χ0v) is 15.2. The molecule has 0 aliphatic carbocycles. The van der Waals surface area contributed by atoms with E-state index in [-0.39, 0.29) is 11.7 Å². The van der Waals surface area contributed by atoms with Crippen LogP contribution in [0.3, 0.4) is 0 Å². The Labute approximate surface area is 159 Å². The van der Waals surface area contributed by atoms with Crippen molar-refractivity contribution in [1.29, 1.82) is 0 Å². The van der Waals surface area contributed by atoms with Crippen molar-refractivity contribution in [2.75, 3.05) is 13.2 Å². The summed E-state index contributed by atoms with van der Waals surface area (Å²) in [6.45, 7) is 0.290. The highest BCUT2D eigenvalue weighted by Crippen LogP contribution is 2.42. The number of H-pyrrole nitrogens is 1. The number of nitrogens with zero attached hydrogens (tertiary/aromatic N) is 1. The van der Waals surface area contributed by atoms with Gasteiger partial charge >= 0.3 is 0 Å². The number of aliphatic hydroxyl groups is 1. The van der Waals surface area contributed by atoms with E-state index in [0.717, 1.165) is 16.6 Å². The second-order valence-corrected chi connectivity index (χ2v) is 7.04. The molecule has 2 N–H and O–H groups in total. The van der Waals surface area contributed by atoms with Crippen molar-refractivity contribution in [1.82, 2.24) is 9.88 Å². The van der Waals surface area contributed by atoms with Crippen molar-refractivity contribution >= 4 is 40.0 Å². The maximum Gasteiger partial charge on any atom is 0.248 e. The number of hydrogen-bond acceptors (Lipinski definition) is 2. The van der Waals surface area contributed by atoms with Crippen molar-refractivity contribution in [2.24, 2.45) is 0 Å². The fourth-order valence-electron chi connectivity index (χ4n) is 3.54. The van der Waals surface area contributed by atoms with Crippen LogP contribution in [0.2, 0.25) is 10.0 Å². The summed E-state index contributed by atoms with van der Waals surface area (Å²) in [5, 5.41) is 10.6. The Bertz CT molecular complexity index is 1030. The third-order valence-corrected chi connectivity index (χ3v) is 5.58. The van der Waals surface area contributed by atoms with Crippen LogP contribution in [-0.2, 0) is 17.8 Å². The Balaban J connectivity index is 1.99. The fourth-order valence-corrected chi connectivity index (χ4v) is 3.94. The predicted molar refractivity (Wildman–Crippen MR) is 99.9 cm³/mol. The monoisotopic (exact) mass is 392 g/mol. The molecule has 4 rings (SSSR count). The lowest BCUT2D eigenvalue weighted by molar-refractivity contribution is -0.135. The van der Waals surface area contributed by atoms with Crippen molar-refractivity contribution in [3.63, 3.8) is 0 Å². The second kappa shape index (κ2) is 6.58. The maximum atomic E-state index is 14.4. The molecule has 0 bridgehead atoms. The summed E-state index contributed by atoms with van der Waals surface area (Å²) in [4.78, 5) is 16.8. The van der Waals surface area contributed by atoms with Crippen molar-refractivity contribution in [2.45, 2.75) is 13.0 Å². The molecule has 1 aromatic heterocycles. The molecule has 0 spiro atoms. The third kappa shape index (κ3) is 2.67. The molecule has 0 fully saturated rings. The standard InChI is InChI=1S/C19H15Cl2FN2O2/c20-13-7-11(10-3-1-2-4-14(10)22)17-12-8-24(16(26)9-25)6-5-15(12)23-19(17)18(13)21/h1-4,7,23,25H,5-6,8-9H2. The first kappa shape index (κ1) is 17.3. The van der Waals surface area contributed by atoms with Gasteiger partial charge in [-0.2, -0.15) is 0 Å². The minimum Gasteiger partial charge on any atom is -0.387 e. The smallest absolute Gasteiger partial charge is 0.248 e. The van der Waals surface area contributed by atoms with Crippen LogP contribution >= 0.6 is 23.2 Å². The van der Waals surface area contributed by atoms with E-state index in [0.29, 0.717) is 46.2 Å². The lowest BCUT2D eigenvalue weighted by Crippen LogP contribution is -2.37. The number of fused-ring (bicyclic) bond motifs is 3. The van der Waals surface area contributed by atoms with E-state index in [1.807, 2.05) is 0 Å². The number of halogens is 3. The van der Waals surface area contributed by atoms with Gasteiger partial charge in [0.1, 0.15) is 12.4 Å². The Morgan fingerprint density at radius 2 is 2.04 bits per heavy atom. The molecule has 0 saturated heterocycles. The van der Waals surface area contributed by atoms with Crippen LogP contribution in [0.5, 0.6) is 0 Å². The maximum absolute atomic E-state index is 14.4. The van der Waals surface area contributed by atoms with Gasteiger partial charge in [-0.3, -0.25) is 4.79 Å². The van der Waals surface area contributed by atoms with Crippen LogP contribution in [0.15, 0.2) is 30.3 Å². The highest BCUT2D eigenvalue weighted by molar-refractivity contribution is 6.45. The quantitative estimate of drug-likeness (QED) is 0.687. The highest BCUT2D eigenvalue weighted by Gasteiger charge is 2.27. The van der Waals surface area contributed by atoms with Crippen LogP contribution in [0, 0.1) is 5.82 Å². The number of carbonyl (C=O) groups is 1. The van der Waals surface area contributed by atoms with Gasteiger partial charge in [0, 0.05) is 41.7 Å². The summed E-state index contributed by atoms with van der Waals surface area (Å²) in [6, 6.07) is 8.12. The number of rotatable bonds is 2. The van der Waals surface area contributed by atoms with E-state index in [1.165, 1.54) is 6.07 Å². The molecule has 0 atom stereocenters. The summed E-state index contributed by atoms with van der Waals surface area (Å²) >= 11 is 12.7. The first-order chi connectivity index (χ1) is 12.5. The molecule has 7 heteroatoms. The number of hydrogen-bond donors (Lipinski definition) is 2. The van der Waals surface area contributed by atoms with Crippen molar-refractivity contribution in [3.8, 4) is 11.1 Å². The molecule has 1 aliphatic heterocycles. The molecule has 3 aromatic rings. The van der Waals surface area contributed by atoms with Crippen LogP contribution < -0.4 is 0 Å². The molecule has 0 saturated carbocycles. The van der Waals surface area contributed by atoms with Gasteiger partial charge in [0.15, 0.2) is 0 Å². The van der Waals surface area contributed by atoms with E-state index < -0.39 is 6.61 Å². The largest absolute Gasteiger partial charge is 0.387 e. The molecule has 1 amide bonds. The molecular weight excluding hydrogens is 378 g/mol. The summed E-state index contributed by atoms with van der Waals surface area (Å²) in [7, 11) is 0. The Morgan fingerprint density at radius 1 is 1.27 bits per heavy atom. The average molecular weight is 393 g/mol. The van der Waals surface area contributed by atoms with Gasteiger partial charge < -0.3 is 15.0 Å². The topological polar surface area (TPSA) is 56.3 Å². The number of carbonyl (C=O) groups excluding carboxylic acids is 1. The number of aromatic nitrogens is 1. The second-order valence-electron chi connectivity index (χ2n) is 6.26. The van der Waals surface area contributed by atoms with Gasteiger partial charge in [0.05, 0.1) is 15.6 Å². The summed E-state index contributed by atoms with van der Waals surface area (Å²) in [6.07, 6.45) is 0.598. The lowest BCUT2D eigenvalue weighted by atomic mass is 9.96. The number of aliphatic hydroxyl groups excluding tert-OH is 1. The summed E-state index contributed by atoms with van der Waals surface area (Å²) in [5.74, 6) is -0.696. The van der Waals surface area contributed by atoms with Crippen molar-refractivity contribution < 1.29 is 14.3 Å². The van der Waals surface area contributed by atoms with Crippen LogP contribution in [0.4, 0.5) is 4.39 Å². The summed E-state index contributed by atoms with van der Waals surface area (Å²) < 4.78 is 14.4. The normalized spacial score (nSPS) is 13.9. The molecular formula is C19H15Cl2FN2O2. The first-order valence-corrected chi connectivity index (χ1v) is 8.91. The summed E-state index contributed by atoms with van der Waals surface area (Å²) in [5.41, 5.74) is 3.51. The molecule has 134 valence electrons. The molecule has 0 unspecified atom stereocenters. The molecule has 2 heterocycles. The van der Waals surface area contributed by atoms with Crippen LogP contribution in [0.1, 0.15) is 11.3 Å². The van der Waals surface area contributed by atoms with E-state index in [4.69, 9.17) is 28.3 Å². The zero-order valence-electron chi connectivity index (χ0n) is 13.7. The van der Waals surface area contributed by atoms with E-state index in [2.05, 4.69) is 4.98 Å². The van der Waals surface area contributed by atoms with Gasteiger partial charge in [-0.15, -0.1) is 0 Å². The number of nitrogens with one attached hydrogen (secondary N) is 1. The number of benzene rings is 2. The molecule has 2 aromatic carbocycles. The number of aromatic amines is 1. The SMILES string of the molecule is O=C(CO)N1CCc2[nH]c3c(Cl)c(Cl)cc(-c4ccccc4F)c3c2C1. The van der Waals surface area contributed by atoms with Gasteiger partial charge in [-0.05, 0) is 17.7 Å². The van der Waals surface area contributed by atoms with Gasteiger partial charge in [-0.25, -0.2) is 4.39 Å². The molecule has 4 nitrogen and oxygen atoms in total. The average Bonchev–Trinajstić information content (AvgIpc) is 3.03. The van der Waals surface area contributed by atoms with Gasteiger partial charge in [0.2, 0.25) is 5.91 Å². The minimum atomic E-state index is -0.537.